The number of nitrogens with zero attached hydrogens (tertiary/aromatic N) is 1. The van der Waals surface area contributed by atoms with Crippen LogP contribution in [0.4, 0.5) is 5.69 Å². The number of piperidine rings is 1. The van der Waals surface area contributed by atoms with E-state index in [1.807, 2.05) is 29.2 Å². The molecule has 0 radical (unpaired) electrons. The van der Waals surface area contributed by atoms with Crippen molar-refractivity contribution >= 4 is 29.9 Å². The summed E-state index contributed by atoms with van der Waals surface area (Å²) in [5.41, 5.74) is 1.24. The maximum absolute atomic E-state index is 13.0. The van der Waals surface area contributed by atoms with E-state index < -0.39 is 0 Å². The Hall–Kier alpha value is -1.59. The Morgan fingerprint density at radius 2 is 1.89 bits per heavy atom. The van der Waals surface area contributed by atoms with E-state index in [-0.39, 0.29) is 24.2 Å². The molecule has 1 aromatic rings. The molecule has 1 aromatic carbocycles. The molecule has 0 bridgehead atoms. The highest BCUT2D eigenvalue weighted by atomic mass is 35.5. The van der Waals surface area contributed by atoms with Crippen LogP contribution in [0, 0.1) is 17.8 Å². The number of hydrogen-bond acceptors (Lipinski definition) is 3. The third-order valence-corrected chi connectivity index (χ3v) is 5.53. The molecule has 27 heavy (non-hydrogen) atoms. The van der Waals surface area contributed by atoms with Crippen molar-refractivity contribution in [2.75, 3.05) is 31.5 Å². The Kier molecular flexibility index (Phi) is 8.11. The van der Waals surface area contributed by atoms with Crippen LogP contribution in [-0.2, 0) is 4.79 Å². The van der Waals surface area contributed by atoms with Crippen LogP contribution in [-0.4, -0.2) is 42.9 Å². The summed E-state index contributed by atoms with van der Waals surface area (Å²) in [6.45, 7) is 8.03. The summed E-state index contributed by atoms with van der Waals surface area (Å²) in [5.74, 6) is 1.65. The van der Waals surface area contributed by atoms with Gasteiger partial charge in [-0.1, -0.05) is 26.0 Å². The first-order chi connectivity index (χ1) is 12.5. The average Bonchev–Trinajstić information content (AvgIpc) is 3.12. The fraction of sp³-hybridized carbons (Fsp3) is 0.619. The van der Waals surface area contributed by atoms with Crippen LogP contribution in [0.5, 0.6) is 0 Å². The Labute approximate surface area is 168 Å². The van der Waals surface area contributed by atoms with Crippen molar-refractivity contribution < 1.29 is 9.59 Å². The monoisotopic (exact) mass is 393 g/mol. The van der Waals surface area contributed by atoms with Gasteiger partial charge in [0.2, 0.25) is 5.91 Å². The van der Waals surface area contributed by atoms with Gasteiger partial charge in [0.15, 0.2) is 0 Å². The summed E-state index contributed by atoms with van der Waals surface area (Å²) >= 11 is 0. The minimum absolute atomic E-state index is 0. The number of rotatable bonds is 5. The second kappa shape index (κ2) is 10.1. The van der Waals surface area contributed by atoms with Crippen molar-refractivity contribution in [1.29, 1.82) is 0 Å². The number of para-hydroxylation sites is 1. The molecule has 0 aliphatic carbocycles. The maximum atomic E-state index is 13.0. The van der Waals surface area contributed by atoms with Gasteiger partial charge in [0.1, 0.15) is 0 Å². The molecular weight excluding hydrogens is 362 g/mol. The Bertz CT molecular complexity index is 636. The minimum Gasteiger partial charge on any atom is -0.338 e. The van der Waals surface area contributed by atoms with Crippen molar-refractivity contribution in [3.8, 4) is 0 Å². The number of halogens is 1. The normalized spacial score (nSPS) is 25.0. The number of hydrogen-bond donors (Lipinski definition) is 2. The van der Waals surface area contributed by atoms with Gasteiger partial charge in [-0.05, 0) is 62.2 Å². The Balaban J connectivity index is 0.00000261. The molecule has 5 nitrogen and oxygen atoms in total. The molecule has 2 aliphatic heterocycles. The van der Waals surface area contributed by atoms with Crippen LogP contribution >= 0.6 is 12.4 Å². The number of carbonyl (C=O) groups is 2. The van der Waals surface area contributed by atoms with Crippen molar-refractivity contribution in [1.82, 2.24) is 10.2 Å². The Morgan fingerprint density at radius 1 is 1.19 bits per heavy atom. The largest absolute Gasteiger partial charge is 0.338 e. The first-order valence-corrected chi connectivity index (χ1v) is 9.91. The van der Waals surface area contributed by atoms with Crippen molar-refractivity contribution in [3.05, 3.63) is 29.8 Å². The van der Waals surface area contributed by atoms with E-state index in [0.29, 0.717) is 35.4 Å². The highest BCUT2D eigenvalue weighted by molar-refractivity contribution is 6.03. The standard InChI is InChI=1S/C21H31N3O2.ClH/c1-15-11-16(2)14-24(13-15)21(26)18-5-3-4-6-19(18)23-20(25)8-7-17-9-10-22-12-17;/h3-6,15-17,22H,7-14H2,1-2H3,(H,23,25);1H. The molecule has 150 valence electrons. The summed E-state index contributed by atoms with van der Waals surface area (Å²) in [6.07, 6.45) is 3.72. The van der Waals surface area contributed by atoms with Crippen molar-refractivity contribution in [3.63, 3.8) is 0 Å². The van der Waals surface area contributed by atoms with Crippen LogP contribution in [0.15, 0.2) is 24.3 Å². The first kappa shape index (κ1) is 21.7. The van der Waals surface area contributed by atoms with Gasteiger partial charge in [0, 0.05) is 19.5 Å². The molecule has 0 aromatic heterocycles. The predicted octanol–water partition coefficient (Wildman–Crippen LogP) is 3.55. The van der Waals surface area contributed by atoms with E-state index in [4.69, 9.17) is 0 Å². The molecule has 2 N–H and O–H groups in total. The van der Waals surface area contributed by atoms with Gasteiger partial charge in [0.05, 0.1) is 11.3 Å². The zero-order valence-corrected chi connectivity index (χ0v) is 17.2. The van der Waals surface area contributed by atoms with Crippen LogP contribution in [0.2, 0.25) is 0 Å². The van der Waals surface area contributed by atoms with Gasteiger partial charge in [-0.15, -0.1) is 12.4 Å². The van der Waals surface area contributed by atoms with Crippen molar-refractivity contribution in [2.24, 2.45) is 17.8 Å². The molecular formula is C21H32ClN3O2. The SMILES string of the molecule is CC1CC(C)CN(C(=O)c2ccccc2NC(=O)CCC2CCNC2)C1.Cl. The van der Waals surface area contributed by atoms with E-state index >= 15 is 0 Å². The lowest BCUT2D eigenvalue weighted by molar-refractivity contribution is -0.116. The lowest BCUT2D eigenvalue weighted by Gasteiger charge is -2.35. The number of carbonyl (C=O) groups excluding carboxylic acids is 2. The minimum atomic E-state index is -0.00229. The van der Waals surface area contributed by atoms with Gasteiger partial charge >= 0.3 is 0 Å². The van der Waals surface area contributed by atoms with Crippen LogP contribution in [0.25, 0.3) is 0 Å². The third-order valence-electron chi connectivity index (χ3n) is 5.53. The molecule has 0 spiro atoms. The topological polar surface area (TPSA) is 61.4 Å². The lowest BCUT2D eigenvalue weighted by Crippen LogP contribution is -2.42. The van der Waals surface area contributed by atoms with Gasteiger partial charge < -0.3 is 15.5 Å². The van der Waals surface area contributed by atoms with E-state index in [1.54, 1.807) is 0 Å². The van der Waals surface area contributed by atoms with Crippen molar-refractivity contribution in [2.45, 2.75) is 39.5 Å². The first-order valence-electron chi connectivity index (χ1n) is 9.91. The number of nitrogens with one attached hydrogen (secondary N) is 2. The fourth-order valence-corrected chi connectivity index (χ4v) is 4.29. The summed E-state index contributed by atoms with van der Waals surface area (Å²) in [5, 5.41) is 6.30. The smallest absolute Gasteiger partial charge is 0.255 e. The van der Waals surface area contributed by atoms with Crippen LogP contribution in [0.3, 0.4) is 0 Å². The second-order valence-corrected chi connectivity index (χ2v) is 8.15. The fourth-order valence-electron chi connectivity index (χ4n) is 4.29. The molecule has 3 rings (SSSR count). The van der Waals surface area contributed by atoms with Gasteiger partial charge in [-0.3, -0.25) is 9.59 Å². The molecule has 3 unspecified atom stereocenters. The molecule has 2 saturated heterocycles. The number of amides is 2. The average molecular weight is 394 g/mol. The zero-order chi connectivity index (χ0) is 18.5. The number of benzene rings is 1. The van der Waals surface area contributed by atoms with Crippen LogP contribution < -0.4 is 10.6 Å². The molecule has 2 amide bonds. The lowest BCUT2D eigenvalue weighted by atomic mass is 9.91. The highest BCUT2D eigenvalue weighted by Gasteiger charge is 2.27. The van der Waals surface area contributed by atoms with Gasteiger partial charge in [-0.2, -0.15) is 0 Å². The maximum Gasteiger partial charge on any atom is 0.255 e. The van der Waals surface area contributed by atoms with E-state index in [0.717, 1.165) is 45.4 Å². The van der Waals surface area contributed by atoms with Gasteiger partial charge in [-0.25, -0.2) is 0 Å². The van der Waals surface area contributed by atoms with E-state index in [2.05, 4.69) is 24.5 Å². The van der Waals surface area contributed by atoms with E-state index in [1.165, 1.54) is 0 Å². The van der Waals surface area contributed by atoms with Gasteiger partial charge in [0.25, 0.3) is 5.91 Å². The summed E-state index contributed by atoms with van der Waals surface area (Å²) < 4.78 is 0. The van der Waals surface area contributed by atoms with E-state index in [9.17, 15) is 9.59 Å². The number of likely N-dealkylation sites (tertiary alicyclic amines) is 1. The molecule has 2 heterocycles. The number of anilines is 1. The summed E-state index contributed by atoms with van der Waals surface area (Å²) in [7, 11) is 0. The molecule has 0 saturated carbocycles. The second-order valence-electron chi connectivity index (χ2n) is 8.15. The summed E-state index contributed by atoms with van der Waals surface area (Å²) in [4.78, 5) is 27.3. The summed E-state index contributed by atoms with van der Waals surface area (Å²) in [6, 6.07) is 7.39. The zero-order valence-electron chi connectivity index (χ0n) is 16.4. The Morgan fingerprint density at radius 3 is 2.56 bits per heavy atom. The van der Waals surface area contributed by atoms with Crippen LogP contribution in [0.1, 0.15) is 49.9 Å². The molecule has 2 fully saturated rings. The predicted molar refractivity (Wildman–Crippen MR) is 111 cm³/mol. The molecule has 3 atom stereocenters. The highest BCUT2D eigenvalue weighted by Crippen LogP contribution is 2.25. The molecule has 2 aliphatic rings. The molecule has 6 heteroatoms. The third kappa shape index (κ3) is 5.94. The quantitative estimate of drug-likeness (QED) is 0.804.